The Hall–Kier alpha value is -2.90. The highest BCUT2D eigenvalue weighted by Crippen LogP contribution is 2.49. The van der Waals surface area contributed by atoms with Crippen molar-refractivity contribution in [3.8, 4) is 0 Å². The summed E-state index contributed by atoms with van der Waals surface area (Å²) in [6, 6.07) is 0. The fraction of sp³-hybridized carbons (Fsp3) is 0.686. The normalized spacial score (nSPS) is 22.5. The van der Waals surface area contributed by atoms with Crippen molar-refractivity contribution in [2.75, 3.05) is 13.2 Å². The smallest absolute Gasteiger partial charge is 0.462 e. The van der Waals surface area contributed by atoms with Crippen molar-refractivity contribution in [2.24, 2.45) is 0 Å². The maximum Gasteiger partial charge on any atom is 0.472 e. The van der Waals surface area contributed by atoms with Gasteiger partial charge in [0.05, 0.1) is 18.8 Å². The first-order chi connectivity index (χ1) is 33.9. The first kappa shape index (κ1) is 66.1. The number of phosphoric ester groups is 2. The Labute approximate surface area is 421 Å². The molecule has 0 aromatic rings. The van der Waals surface area contributed by atoms with E-state index in [-0.39, 0.29) is 32.1 Å². The second-order valence-electron chi connectivity index (χ2n) is 17.5. The average molecular weight is 1050 g/mol. The van der Waals surface area contributed by atoms with Crippen LogP contribution in [0, 0.1) is 0 Å². The summed E-state index contributed by atoms with van der Waals surface area (Å²) in [5.41, 5.74) is 0. The summed E-state index contributed by atoms with van der Waals surface area (Å²) >= 11 is 0. The number of ether oxygens (including phenoxy) is 2. The monoisotopic (exact) mass is 1050 g/mol. The fourth-order valence-corrected chi connectivity index (χ4v) is 8.66. The number of allylic oxidation sites excluding steroid dienone is 13. The number of hydrogen-bond donors (Lipinski definition) is 9. The Morgan fingerprint density at radius 3 is 1.55 bits per heavy atom. The standard InChI is InChI=1S/C51H86O18P2/c1-3-5-7-9-11-13-15-17-18-19-20-21-22-23-25-27-29-31-33-37-44(54)65-39-41(40-66-71(63,64)69-51-48(58)46(56)47(57)50(49(51)59)68-70(60,61)62)67-45(55)38-34-36-43(53)42(52)35-32-30-28-26-24-16-14-12-10-8-6-4-2/h5,7,11-14,17-18,20-21,24,26,30,32,41-43,46-53,56-59H,3-4,6,8-10,15-16,19,22-23,25,27-29,31,33-40H2,1-2H3,(H,63,64)(H2,60,61,62)/b7-5-,13-11-,14-12-,18-17-,21-20-,26-24-,32-30-/t41-,42?,43?,46?,47?,48?,49?,50-,51+/m1/s1. The lowest BCUT2D eigenvalue weighted by atomic mass is 9.85. The molecule has 20 heteroatoms. The molecule has 408 valence electrons. The molecular formula is C51H86O18P2. The predicted octanol–water partition coefficient (Wildman–Crippen LogP) is 8.12. The minimum absolute atomic E-state index is 0.0229. The molecule has 1 saturated carbocycles. The third-order valence-corrected chi connectivity index (χ3v) is 12.7. The molecule has 0 heterocycles. The molecule has 0 aromatic heterocycles. The van der Waals surface area contributed by atoms with Gasteiger partial charge in [-0.1, -0.05) is 137 Å². The zero-order valence-corrected chi connectivity index (χ0v) is 43.6. The Morgan fingerprint density at radius 2 is 1.00 bits per heavy atom. The second kappa shape index (κ2) is 40.5. The van der Waals surface area contributed by atoms with Crippen molar-refractivity contribution in [3.05, 3.63) is 85.1 Å². The van der Waals surface area contributed by atoms with Gasteiger partial charge in [-0.3, -0.25) is 23.2 Å². The predicted molar refractivity (Wildman–Crippen MR) is 271 cm³/mol. The zero-order valence-electron chi connectivity index (χ0n) is 41.8. The molecule has 0 aromatic carbocycles. The minimum Gasteiger partial charge on any atom is -0.462 e. The summed E-state index contributed by atoms with van der Waals surface area (Å²) < 4.78 is 49.2. The number of unbranched alkanes of at least 4 members (excludes halogenated alkanes) is 9. The van der Waals surface area contributed by atoms with Gasteiger partial charge in [-0.15, -0.1) is 0 Å². The summed E-state index contributed by atoms with van der Waals surface area (Å²) in [5.74, 6) is -1.51. The third-order valence-electron chi connectivity index (χ3n) is 11.2. The summed E-state index contributed by atoms with van der Waals surface area (Å²) in [6.45, 7) is 2.71. The van der Waals surface area contributed by atoms with Crippen molar-refractivity contribution in [2.45, 2.75) is 210 Å². The molecule has 18 nitrogen and oxygen atoms in total. The van der Waals surface area contributed by atoms with E-state index in [4.69, 9.17) is 18.5 Å². The number of phosphoric acid groups is 2. The molecule has 1 aliphatic rings. The summed E-state index contributed by atoms with van der Waals surface area (Å²) in [7, 11) is -10.8. The number of carbonyl (C=O) groups excluding carboxylic acids is 2. The lowest BCUT2D eigenvalue weighted by Crippen LogP contribution is -2.64. The number of aliphatic hydroxyl groups excluding tert-OH is 6. The van der Waals surface area contributed by atoms with E-state index in [1.807, 2.05) is 12.2 Å². The van der Waals surface area contributed by atoms with E-state index in [0.29, 0.717) is 12.8 Å². The molecule has 71 heavy (non-hydrogen) atoms. The van der Waals surface area contributed by atoms with Crippen LogP contribution in [0.15, 0.2) is 85.1 Å². The first-order valence-electron chi connectivity index (χ1n) is 25.3. The van der Waals surface area contributed by atoms with Gasteiger partial charge in [0, 0.05) is 12.8 Å². The number of aliphatic hydroxyl groups is 6. The molecule has 1 rings (SSSR count). The quantitative estimate of drug-likeness (QED) is 0.0121. The molecular weight excluding hydrogens is 962 g/mol. The van der Waals surface area contributed by atoms with Gasteiger partial charge in [0.2, 0.25) is 0 Å². The molecule has 1 aliphatic carbocycles. The van der Waals surface area contributed by atoms with Gasteiger partial charge < -0.3 is 54.8 Å². The van der Waals surface area contributed by atoms with E-state index in [9.17, 15) is 64.0 Å². The Kier molecular flexibility index (Phi) is 37.7. The summed E-state index contributed by atoms with van der Waals surface area (Å²) in [4.78, 5) is 54.5. The van der Waals surface area contributed by atoms with Gasteiger partial charge in [-0.2, -0.15) is 0 Å². The van der Waals surface area contributed by atoms with E-state index in [1.165, 1.54) is 19.3 Å². The third kappa shape index (κ3) is 34.3. The molecule has 10 atom stereocenters. The van der Waals surface area contributed by atoms with Crippen LogP contribution in [-0.2, 0) is 41.8 Å². The van der Waals surface area contributed by atoms with Crippen LogP contribution in [0.3, 0.4) is 0 Å². The molecule has 7 unspecified atom stereocenters. The number of hydrogen-bond acceptors (Lipinski definition) is 15. The van der Waals surface area contributed by atoms with Gasteiger partial charge in [-0.25, -0.2) is 9.13 Å². The number of carbonyl (C=O) groups is 2. The highest BCUT2D eigenvalue weighted by atomic mass is 31.2. The lowest BCUT2D eigenvalue weighted by molar-refractivity contribution is -0.216. The van der Waals surface area contributed by atoms with Crippen molar-refractivity contribution in [1.29, 1.82) is 0 Å². The lowest BCUT2D eigenvalue weighted by Gasteiger charge is -2.43. The van der Waals surface area contributed by atoms with Gasteiger partial charge in [0.15, 0.2) is 6.10 Å². The molecule has 9 N–H and O–H groups in total. The van der Waals surface area contributed by atoms with Crippen LogP contribution < -0.4 is 0 Å². The van der Waals surface area contributed by atoms with Crippen molar-refractivity contribution in [1.82, 2.24) is 0 Å². The maximum atomic E-state index is 13.0. The van der Waals surface area contributed by atoms with Gasteiger partial charge in [0.1, 0.15) is 43.2 Å². The molecule has 0 bridgehead atoms. The van der Waals surface area contributed by atoms with E-state index in [1.54, 1.807) is 6.08 Å². The largest absolute Gasteiger partial charge is 0.472 e. The van der Waals surface area contributed by atoms with Crippen LogP contribution in [0.1, 0.15) is 155 Å². The van der Waals surface area contributed by atoms with Crippen LogP contribution in [0.2, 0.25) is 0 Å². The van der Waals surface area contributed by atoms with Crippen LogP contribution >= 0.6 is 15.6 Å². The van der Waals surface area contributed by atoms with Crippen molar-refractivity contribution >= 4 is 27.6 Å². The minimum atomic E-state index is -5.41. The summed E-state index contributed by atoms with van der Waals surface area (Å²) in [5, 5.41) is 62.2. The van der Waals surface area contributed by atoms with Crippen LogP contribution in [-0.4, -0.2) is 125 Å². The molecule has 1 fully saturated rings. The number of esters is 2. The molecule has 0 spiro atoms. The van der Waals surface area contributed by atoms with Crippen LogP contribution in [0.4, 0.5) is 0 Å². The first-order valence-corrected chi connectivity index (χ1v) is 28.3. The Morgan fingerprint density at radius 1 is 0.521 bits per heavy atom. The SMILES string of the molecule is CC/C=C\C/C=C\C/C=C\C/C=C\CCCCCCCCC(=O)OC[C@H](COP(=O)(O)O[C@H]1C(O)C(O)C(O)[C@@H](OP(=O)(O)O)C1O)OC(=O)CCCC(O)C(O)C/C=C\C/C=C\C/C=C\CCCCC. The Balaban J connectivity index is 2.67. The topological polar surface area (TPSA) is 296 Å². The molecule has 0 saturated heterocycles. The summed E-state index contributed by atoms with van der Waals surface area (Å²) in [6.07, 6.45) is 28.1. The second-order valence-corrected chi connectivity index (χ2v) is 20.1. The van der Waals surface area contributed by atoms with E-state index in [2.05, 4.69) is 85.2 Å². The maximum absolute atomic E-state index is 13.0. The molecule has 0 aliphatic heterocycles. The highest BCUT2D eigenvalue weighted by Gasteiger charge is 2.54. The van der Waals surface area contributed by atoms with E-state index in [0.717, 1.165) is 77.0 Å². The van der Waals surface area contributed by atoms with E-state index >= 15 is 0 Å². The van der Waals surface area contributed by atoms with Gasteiger partial charge in [0.25, 0.3) is 0 Å². The highest BCUT2D eigenvalue weighted by molar-refractivity contribution is 7.47. The van der Waals surface area contributed by atoms with Crippen molar-refractivity contribution in [3.63, 3.8) is 0 Å². The molecule has 0 radical (unpaired) electrons. The van der Waals surface area contributed by atoms with Gasteiger partial charge >= 0.3 is 27.6 Å². The van der Waals surface area contributed by atoms with Crippen LogP contribution in [0.25, 0.3) is 0 Å². The zero-order chi connectivity index (χ0) is 52.8. The fourth-order valence-electron chi connectivity index (χ4n) is 7.12. The number of rotatable bonds is 41. The van der Waals surface area contributed by atoms with E-state index < -0.39 is 95.7 Å². The van der Waals surface area contributed by atoms with Gasteiger partial charge in [-0.05, 0) is 89.9 Å². The van der Waals surface area contributed by atoms with Crippen LogP contribution in [0.5, 0.6) is 0 Å². The Bertz CT molecular complexity index is 1720. The average Bonchev–Trinajstić information content (AvgIpc) is 3.32. The molecule has 0 amide bonds. The van der Waals surface area contributed by atoms with Crippen molar-refractivity contribution < 1.29 is 87.1 Å².